The Balaban J connectivity index is 2.43. The summed E-state index contributed by atoms with van der Waals surface area (Å²) in [4.78, 5) is 15.3. The summed E-state index contributed by atoms with van der Waals surface area (Å²) < 4.78 is 0. The lowest BCUT2D eigenvalue weighted by Crippen LogP contribution is -2.01. The van der Waals surface area contributed by atoms with Gasteiger partial charge in [0.15, 0.2) is 5.52 Å². The van der Waals surface area contributed by atoms with E-state index in [0.717, 1.165) is 35.3 Å². The Labute approximate surface area is 121 Å². The lowest BCUT2D eigenvalue weighted by Gasteiger charge is -2.08. The van der Waals surface area contributed by atoms with Gasteiger partial charge in [0.2, 0.25) is 0 Å². The summed E-state index contributed by atoms with van der Waals surface area (Å²) in [5.41, 5.74) is 6.73. The average Bonchev–Trinajstić information content (AvgIpc) is 2.44. The third-order valence-electron chi connectivity index (χ3n) is 3.03. The number of nitrogens with two attached hydrogens (primary N) is 1. The van der Waals surface area contributed by atoms with Crippen LogP contribution in [-0.2, 0) is 0 Å². The summed E-state index contributed by atoms with van der Waals surface area (Å²) in [6, 6.07) is 7.40. The second-order valence-corrected chi connectivity index (χ2v) is 5.61. The number of nitrogen functional groups attached to an aromatic ring is 1. The van der Waals surface area contributed by atoms with Crippen LogP contribution in [0.3, 0.4) is 0 Å². The first kappa shape index (κ1) is 14.6. The molecule has 0 amide bonds. The minimum atomic E-state index is -0.516. The smallest absolute Gasteiger partial charge is 0.388 e. The van der Waals surface area contributed by atoms with Crippen molar-refractivity contribution in [3.63, 3.8) is 0 Å². The zero-order valence-electron chi connectivity index (χ0n) is 11.3. The summed E-state index contributed by atoms with van der Waals surface area (Å²) in [5.74, 6) is 0.658. The maximum atomic E-state index is 11.0. The molecule has 0 spiro atoms. The molecule has 2 N–H and O–H groups in total. The molecule has 0 unspecified atom stereocenters. The molecule has 20 heavy (non-hydrogen) atoms. The van der Waals surface area contributed by atoms with Crippen molar-refractivity contribution in [2.45, 2.75) is 31.1 Å². The number of nitro groups is 1. The number of para-hydroxylation sites is 1. The van der Waals surface area contributed by atoms with Crippen LogP contribution in [0.4, 0.5) is 11.5 Å². The molecular weight excluding hydrogens is 274 g/mol. The van der Waals surface area contributed by atoms with E-state index in [4.69, 9.17) is 5.73 Å². The minimum Gasteiger partial charge on any atom is -0.391 e. The van der Waals surface area contributed by atoms with Gasteiger partial charge >= 0.3 is 5.82 Å². The van der Waals surface area contributed by atoms with Crippen molar-refractivity contribution in [2.24, 2.45) is 0 Å². The van der Waals surface area contributed by atoms with Gasteiger partial charge in [-0.3, -0.25) is 0 Å². The van der Waals surface area contributed by atoms with E-state index in [0.29, 0.717) is 5.52 Å². The van der Waals surface area contributed by atoms with Gasteiger partial charge in [-0.1, -0.05) is 31.9 Å². The number of hydrogen-bond donors (Lipinski definition) is 1. The number of fused-ring (bicyclic) bond motifs is 1. The fourth-order valence-electron chi connectivity index (χ4n) is 2.01. The van der Waals surface area contributed by atoms with Crippen LogP contribution in [0, 0.1) is 10.1 Å². The Morgan fingerprint density at radius 1 is 1.35 bits per heavy atom. The number of aromatic nitrogens is 1. The van der Waals surface area contributed by atoms with E-state index in [-0.39, 0.29) is 11.5 Å². The minimum absolute atomic E-state index is 0.176. The number of anilines is 1. The molecule has 0 bridgehead atoms. The Bertz CT molecular complexity index is 631. The monoisotopic (exact) mass is 291 g/mol. The summed E-state index contributed by atoms with van der Waals surface area (Å²) in [6.45, 7) is 2.14. The lowest BCUT2D eigenvalue weighted by atomic mass is 10.2. The highest BCUT2D eigenvalue weighted by Gasteiger charge is 2.21. The molecule has 0 aliphatic heterocycles. The number of hydrogen-bond acceptors (Lipinski definition) is 5. The molecule has 6 heteroatoms. The number of pyridine rings is 1. The quantitative estimate of drug-likeness (QED) is 0.376. The van der Waals surface area contributed by atoms with E-state index >= 15 is 0 Å². The maximum Gasteiger partial charge on any atom is 0.388 e. The van der Waals surface area contributed by atoms with Crippen LogP contribution in [0.2, 0.25) is 0 Å². The largest absolute Gasteiger partial charge is 0.391 e. The normalized spacial score (nSPS) is 10.8. The predicted octanol–water partition coefficient (Wildman–Crippen LogP) is 4.01. The van der Waals surface area contributed by atoms with Gasteiger partial charge in [-0.15, -0.1) is 11.8 Å². The third-order valence-corrected chi connectivity index (χ3v) is 4.25. The Hall–Kier alpha value is -1.82. The maximum absolute atomic E-state index is 11.0. The van der Waals surface area contributed by atoms with Crippen molar-refractivity contribution in [1.29, 1.82) is 0 Å². The van der Waals surface area contributed by atoms with Crippen LogP contribution in [0.15, 0.2) is 29.2 Å². The average molecular weight is 291 g/mol. The van der Waals surface area contributed by atoms with Crippen molar-refractivity contribution in [3.05, 3.63) is 34.4 Å². The van der Waals surface area contributed by atoms with Gasteiger partial charge < -0.3 is 15.8 Å². The number of benzene rings is 1. The van der Waals surface area contributed by atoms with Gasteiger partial charge in [-0.2, -0.15) is 0 Å². The molecule has 2 rings (SSSR count). The molecule has 5 nitrogen and oxygen atoms in total. The van der Waals surface area contributed by atoms with E-state index in [9.17, 15) is 10.1 Å². The number of nitrogens with zero attached hydrogens (tertiary/aromatic N) is 2. The molecule has 0 aliphatic carbocycles. The highest BCUT2D eigenvalue weighted by Crippen LogP contribution is 2.37. The van der Waals surface area contributed by atoms with E-state index in [1.807, 2.05) is 18.2 Å². The standard InChI is InChI=1S/C14H17N3O2S/c1-2-3-6-9-20-13-10-7-4-5-8-11(10)16-14(12(13)15)17(18)19/h4-5,7-8H,2-3,6,9,15H2,1H3. The van der Waals surface area contributed by atoms with Gasteiger partial charge in [0, 0.05) is 5.39 Å². The molecule has 0 radical (unpaired) electrons. The van der Waals surface area contributed by atoms with Crippen LogP contribution >= 0.6 is 11.8 Å². The fourth-order valence-corrected chi connectivity index (χ4v) is 3.13. The lowest BCUT2D eigenvalue weighted by molar-refractivity contribution is -0.388. The highest BCUT2D eigenvalue weighted by molar-refractivity contribution is 7.99. The molecule has 0 saturated heterocycles. The first-order chi connectivity index (χ1) is 9.65. The van der Waals surface area contributed by atoms with Crippen molar-refractivity contribution in [1.82, 2.24) is 4.98 Å². The topological polar surface area (TPSA) is 82.0 Å². The van der Waals surface area contributed by atoms with Crippen LogP contribution in [0.5, 0.6) is 0 Å². The van der Waals surface area contributed by atoms with Gasteiger partial charge in [-0.25, -0.2) is 0 Å². The van der Waals surface area contributed by atoms with E-state index < -0.39 is 4.92 Å². The van der Waals surface area contributed by atoms with Gasteiger partial charge in [0.25, 0.3) is 0 Å². The predicted molar refractivity (Wildman–Crippen MR) is 83.1 cm³/mol. The molecule has 106 valence electrons. The van der Waals surface area contributed by atoms with Crippen LogP contribution in [-0.4, -0.2) is 15.7 Å². The second kappa shape index (κ2) is 6.56. The molecule has 0 aliphatic rings. The van der Waals surface area contributed by atoms with Gasteiger partial charge in [-0.05, 0) is 34.2 Å². The highest BCUT2D eigenvalue weighted by atomic mass is 32.2. The molecule has 0 fully saturated rings. The van der Waals surface area contributed by atoms with Crippen LogP contribution in [0.1, 0.15) is 26.2 Å². The Morgan fingerprint density at radius 2 is 2.10 bits per heavy atom. The number of thioether (sulfide) groups is 1. The van der Waals surface area contributed by atoms with Crippen molar-refractivity contribution in [2.75, 3.05) is 11.5 Å². The summed E-state index contributed by atoms with van der Waals surface area (Å²) in [6.07, 6.45) is 3.37. The van der Waals surface area contributed by atoms with Crippen molar-refractivity contribution < 1.29 is 4.92 Å². The van der Waals surface area contributed by atoms with Crippen molar-refractivity contribution >= 4 is 34.2 Å². The molecule has 1 aromatic heterocycles. The molecule has 1 aromatic carbocycles. The summed E-state index contributed by atoms with van der Waals surface area (Å²) >= 11 is 1.58. The molecule has 0 atom stereocenters. The van der Waals surface area contributed by atoms with E-state index in [2.05, 4.69) is 11.9 Å². The fraction of sp³-hybridized carbons (Fsp3) is 0.357. The number of unbranched alkanes of at least 4 members (excludes halogenated alkanes) is 2. The molecule has 2 aromatic rings. The third kappa shape index (κ3) is 3.01. The number of rotatable bonds is 6. The molecule has 0 saturated carbocycles. The Morgan fingerprint density at radius 3 is 2.80 bits per heavy atom. The second-order valence-electron chi connectivity index (χ2n) is 4.51. The molecular formula is C14H17N3O2S. The Kier molecular flexibility index (Phi) is 4.79. The molecule has 1 heterocycles. The van der Waals surface area contributed by atoms with Crippen LogP contribution < -0.4 is 5.73 Å². The zero-order chi connectivity index (χ0) is 14.5. The van der Waals surface area contributed by atoms with Crippen LogP contribution in [0.25, 0.3) is 10.9 Å². The van der Waals surface area contributed by atoms with E-state index in [1.54, 1.807) is 17.8 Å². The SMILES string of the molecule is CCCCCSc1c(N)c([N+](=O)[O-])nc2ccccc12. The van der Waals surface area contributed by atoms with E-state index in [1.165, 1.54) is 0 Å². The zero-order valence-corrected chi connectivity index (χ0v) is 12.2. The van der Waals surface area contributed by atoms with Gasteiger partial charge in [0.05, 0.1) is 4.90 Å². The van der Waals surface area contributed by atoms with Gasteiger partial charge in [0.1, 0.15) is 5.69 Å². The first-order valence-corrected chi connectivity index (χ1v) is 7.59. The summed E-state index contributed by atoms with van der Waals surface area (Å²) in [7, 11) is 0. The van der Waals surface area contributed by atoms with Crippen molar-refractivity contribution in [3.8, 4) is 0 Å². The summed E-state index contributed by atoms with van der Waals surface area (Å²) in [5, 5.41) is 11.9. The first-order valence-electron chi connectivity index (χ1n) is 6.60.